The van der Waals surface area contributed by atoms with Gasteiger partial charge in [0.1, 0.15) is 5.75 Å². The molecule has 8 nitrogen and oxygen atoms in total. The average molecular weight is 386 g/mol. The Hall–Kier alpha value is -2.90. The Balaban J connectivity index is 1.45. The lowest BCUT2D eigenvalue weighted by atomic mass is 10.1. The minimum absolute atomic E-state index is 0.0441. The van der Waals surface area contributed by atoms with Crippen LogP contribution in [0.3, 0.4) is 0 Å². The van der Waals surface area contributed by atoms with E-state index in [9.17, 15) is 9.59 Å². The molecule has 1 atom stereocenters. The van der Waals surface area contributed by atoms with E-state index in [4.69, 9.17) is 9.26 Å². The highest BCUT2D eigenvalue weighted by Crippen LogP contribution is 2.26. The number of amides is 2. The lowest BCUT2D eigenvalue weighted by Gasteiger charge is -2.17. The van der Waals surface area contributed by atoms with Crippen molar-refractivity contribution in [2.24, 2.45) is 5.92 Å². The molecule has 2 amide bonds. The highest BCUT2D eigenvalue weighted by molar-refractivity contribution is 6.00. The first-order valence-electron chi connectivity index (χ1n) is 9.52. The Morgan fingerprint density at radius 1 is 1.36 bits per heavy atom. The first-order valence-corrected chi connectivity index (χ1v) is 9.52. The van der Waals surface area contributed by atoms with Crippen LogP contribution in [-0.4, -0.2) is 42.2 Å². The summed E-state index contributed by atoms with van der Waals surface area (Å²) in [5.41, 5.74) is 0.776. The molecule has 2 heterocycles. The summed E-state index contributed by atoms with van der Waals surface area (Å²) in [5, 5.41) is 6.83. The molecule has 0 saturated carbocycles. The van der Waals surface area contributed by atoms with Gasteiger partial charge < -0.3 is 19.5 Å². The van der Waals surface area contributed by atoms with Crippen molar-refractivity contribution < 1.29 is 18.8 Å². The Labute approximate surface area is 164 Å². The van der Waals surface area contributed by atoms with E-state index in [1.54, 1.807) is 24.1 Å². The van der Waals surface area contributed by atoms with Gasteiger partial charge in [-0.25, -0.2) is 0 Å². The van der Waals surface area contributed by atoms with E-state index >= 15 is 0 Å². The molecule has 0 spiro atoms. The van der Waals surface area contributed by atoms with Gasteiger partial charge in [0.15, 0.2) is 5.82 Å². The van der Waals surface area contributed by atoms with E-state index in [-0.39, 0.29) is 30.1 Å². The zero-order valence-electron chi connectivity index (χ0n) is 16.5. The van der Waals surface area contributed by atoms with Crippen LogP contribution in [0, 0.1) is 5.92 Å². The van der Waals surface area contributed by atoms with Crippen LogP contribution >= 0.6 is 0 Å². The zero-order chi connectivity index (χ0) is 20.1. The largest absolute Gasteiger partial charge is 0.497 e. The predicted molar refractivity (Wildman–Crippen MR) is 103 cm³/mol. The third kappa shape index (κ3) is 4.68. The van der Waals surface area contributed by atoms with Gasteiger partial charge in [0.2, 0.25) is 17.7 Å². The summed E-state index contributed by atoms with van der Waals surface area (Å²) in [4.78, 5) is 30.7. The summed E-state index contributed by atoms with van der Waals surface area (Å²) in [6, 6.07) is 7.26. The minimum Gasteiger partial charge on any atom is -0.497 e. The van der Waals surface area contributed by atoms with Crippen LogP contribution in [0.25, 0.3) is 0 Å². The monoisotopic (exact) mass is 386 g/mol. The molecule has 1 fully saturated rings. The van der Waals surface area contributed by atoms with E-state index in [0.717, 1.165) is 11.4 Å². The van der Waals surface area contributed by atoms with Crippen LogP contribution in [-0.2, 0) is 16.0 Å². The second-order valence-electron chi connectivity index (χ2n) is 7.20. The van der Waals surface area contributed by atoms with Crippen molar-refractivity contribution in [3.8, 4) is 5.75 Å². The number of nitrogens with zero attached hydrogens (tertiary/aromatic N) is 3. The lowest BCUT2D eigenvalue weighted by Crippen LogP contribution is -2.33. The van der Waals surface area contributed by atoms with Crippen molar-refractivity contribution in [3.63, 3.8) is 0 Å². The molecule has 1 saturated heterocycles. The topological polar surface area (TPSA) is 97.6 Å². The maximum Gasteiger partial charge on any atom is 0.227 e. The molecule has 2 aromatic rings. The molecule has 1 N–H and O–H groups in total. The van der Waals surface area contributed by atoms with Gasteiger partial charge in [-0.1, -0.05) is 19.0 Å². The van der Waals surface area contributed by atoms with E-state index in [0.29, 0.717) is 37.6 Å². The Morgan fingerprint density at radius 3 is 2.75 bits per heavy atom. The van der Waals surface area contributed by atoms with Gasteiger partial charge in [-0.15, -0.1) is 0 Å². The lowest BCUT2D eigenvalue weighted by molar-refractivity contribution is -0.126. The third-order valence-electron chi connectivity index (χ3n) is 4.75. The van der Waals surface area contributed by atoms with Gasteiger partial charge in [0.05, 0.1) is 13.0 Å². The molecule has 1 aromatic heterocycles. The van der Waals surface area contributed by atoms with Gasteiger partial charge in [0, 0.05) is 37.5 Å². The fourth-order valence-electron chi connectivity index (χ4n) is 3.09. The molecular formula is C20H26N4O4. The van der Waals surface area contributed by atoms with Crippen LogP contribution in [0.15, 0.2) is 28.8 Å². The van der Waals surface area contributed by atoms with Gasteiger partial charge in [-0.2, -0.15) is 4.98 Å². The fourth-order valence-corrected chi connectivity index (χ4v) is 3.09. The van der Waals surface area contributed by atoms with Crippen LogP contribution in [0.2, 0.25) is 0 Å². The van der Waals surface area contributed by atoms with Gasteiger partial charge >= 0.3 is 0 Å². The number of anilines is 1. The van der Waals surface area contributed by atoms with Crippen molar-refractivity contribution in [2.45, 2.75) is 39.0 Å². The second kappa shape index (κ2) is 8.86. The number of rotatable bonds is 8. The summed E-state index contributed by atoms with van der Waals surface area (Å²) < 4.78 is 10.3. The highest BCUT2D eigenvalue weighted by atomic mass is 16.5. The van der Waals surface area contributed by atoms with E-state index in [2.05, 4.69) is 15.5 Å². The number of nitrogens with one attached hydrogen (secondary N) is 1. The van der Waals surface area contributed by atoms with Crippen molar-refractivity contribution in [2.75, 3.05) is 25.1 Å². The molecule has 1 unspecified atom stereocenters. The van der Waals surface area contributed by atoms with Gasteiger partial charge in [0.25, 0.3) is 0 Å². The van der Waals surface area contributed by atoms with Crippen molar-refractivity contribution in [3.05, 3.63) is 36.0 Å². The second-order valence-corrected chi connectivity index (χ2v) is 7.20. The van der Waals surface area contributed by atoms with E-state index in [1.807, 2.05) is 26.0 Å². The predicted octanol–water partition coefficient (Wildman–Crippen LogP) is 2.30. The average Bonchev–Trinajstić information content (AvgIpc) is 3.32. The minimum atomic E-state index is -0.342. The molecule has 1 aliphatic rings. The normalized spacial score (nSPS) is 16.6. The Kier molecular flexibility index (Phi) is 6.28. The molecule has 150 valence electrons. The van der Waals surface area contributed by atoms with Gasteiger partial charge in [-0.3, -0.25) is 9.59 Å². The van der Waals surface area contributed by atoms with E-state index < -0.39 is 0 Å². The number of hydrogen-bond acceptors (Lipinski definition) is 6. The van der Waals surface area contributed by atoms with Crippen molar-refractivity contribution >= 4 is 17.5 Å². The number of ether oxygens (including phenoxy) is 1. The zero-order valence-corrected chi connectivity index (χ0v) is 16.5. The number of aromatic nitrogens is 2. The smallest absolute Gasteiger partial charge is 0.227 e. The Bertz CT molecular complexity index is 816. The van der Waals surface area contributed by atoms with Crippen LogP contribution < -0.4 is 15.0 Å². The van der Waals surface area contributed by atoms with Gasteiger partial charge in [-0.05, 0) is 30.7 Å². The highest BCUT2D eigenvalue weighted by Gasteiger charge is 2.34. The summed E-state index contributed by atoms with van der Waals surface area (Å²) >= 11 is 0. The number of hydrogen-bond donors (Lipinski definition) is 1. The quantitative estimate of drug-likeness (QED) is 0.699. The number of methoxy groups -OCH3 is 1. The van der Waals surface area contributed by atoms with Crippen molar-refractivity contribution in [1.82, 2.24) is 15.5 Å². The molecule has 1 aromatic carbocycles. The molecule has 0 bridgehead atoms. The molecule has 28 heavy (non-hydrogen) atoms. The fraction of sp³-hybridized carbons (Fsp3) is 0.500. The molecule has 8 heteroatoms. The number of carbonyl (C=O) groups excluding carboxylic acids is 2. The van der Waals surface area contributed by atoms with Crippen LogP contribution in [0.4, 0.5) is 5.69 Å². The number of benzene rings is 1. The first-order chi connectivity index (χ1) is 13.5. The summed E-state index contributed by atoms with van der Waals surface area (Å²) in [7, 11) is 1.60. The Morgan fingerprint density at radius 2 is 2.11 bits per heavy atom. The van der Waals surface area contributed by atoms with Crippen LogP contribution in [0.5, 0.6) is 5.75 Å². The number of carbonyl (C=O) groups is 2. The summed E-state index contributed by atoms with van der Waals surface area (Å²) in [6.07, 6.45) is 1.54. The summed E-state index contributed by atoms with van der Waals surface area (Å²) in [6.45, 7) is 4.91. The standard InChI is InChI=1S/C20H26N4O4/c1-13(2)19-22-17(28-23-19)5-4-10-21-20(26)14-11-18(25)24(12-14)15-6-8-16(27-3)9-7-15/h6-9,13-14H,4-5,10-12H2,1-3H3,(H,21,26). The molecule has 0 aliphatic carbocycles. The third-order valence-corrected chi connectivity index (χ3v) is 4.75. The maximum atomic E-state index is 12.4. The molecular weight excluding hydrogens is 360 g/mol. The van der Waals surface area contributed by atoms with Crippen LogP contribution in [0.1, 0.15) is 44.3 Å². The SMILES string of the molecule is COc1ccc(N2CC(C(=O)NCCCc3nc(C(C)C)no3)CC2=O)cc1. The maximum absolute atomic E-state index is 12.4. The van der Waals surface area contributed by atoms with E-state index in [1.165, 1.54) is 0 Å². The van der Waals surface area contributed by atoms with Crippen molar-refractivity contribution in [1.29, 1.82) is 0 Å². The first kappa shape index (κ1) is 19.9. The molecule has 3 rings (SSSR count). The summed E-state index contributed by atoms with van der Waals surface area (Å²) in [5.74, 6) is 1.75. The molecule has 0 radical (unpaired) electrons. The number of aryl methyl sites for hydroxylation is 1. The molecule has 1 aliphatic heterocycles.